The fourth-order valence-corrected chi connectivity index (χ4v) is 4.57. The first-order valence-electron chi connectivity index (χ1n) is 11.0. The van der Waals surface area contributed by atoms with Crippen LogP contribution >= 0.6 is 11.3 Å². The van der Waals surface area contributed by atoms with Crippen LogP contribution in [0.1, 0.15) is 32.7 Å². The van der Waals surface area contributed by atoms with Gasteiger partial charge in [-0.2, -0.15) is 4.28 Å². The highest BCUT2D eigenvalue weighted by atomic mass is 32.2. The van der Waals surface area contributed by atoms with Gasteiger partial charge in [0.15, 0.2) is 0 Å². The first-order chi connectivity index (χ1) is 17.2. The van der Waals surface area contributed by atoms with Gasteiger partial charge in [0.1, 0.15) is 11.0 Å². The minimum absolute atomic E-state index is 0.284. The number of nitrogens with one attached hydrogen (secondary N) is 3. The van der Waals surface area contributed by atoms with E-state index in [0.717, 1.165) is 26.7 Å². The molecule has 10 nitrogen and oxygen atoms in total. The topological polar surface area (TPSA) is 136 Å². The van der Waals surface area contributed by atoms with Gasteiger partial charge in [0, 0.05) is 11.3 Å². The number of thiol groups is 1. The second-order valence-corrected chi connectivity index (χ2v) is 9.82. The Hall–Kier alpha value is -3.48. The van der Waals surface area contributed by atoms with Gasteiger partial charge < -0.3 is 15.4 Å². The lowest BCUT2D eigenvalue weighted by Gasteiger charge is -2.22. The maximum absolute atomic E-state index is 13.4. The summed E-state index contributed by atoms with van der Waals surface area (Å²) in [5, 5.41) is 6.41. The zero-order valence-corrected chi connectivity index (χ0v) is 21.7. The molecule has 12 heteroatoms. The Morgan fingerprint density at radius 3 is 2.22 bits per heavy atom. The third kappa shape index (κ3) is 8.04. The molecule has 36 heavy (non-hydrogen) atoms. The van der Waals surface area contributed by atoms with Crippen LogP contribution in [0.25, 0.3) is 0 Å². The maximum atomic E-state index is 13.4. The fourth-order valence-electron chi connectivity index (χ4n) is 3.41. The van der Waals surface area contributed by atoms with Crippen LogP contribution in [-0.2, 0) is 37.6 Å². The molecule has 0 saturated carbocycles. The molecule has 2 aromatic carbocycles. The van der Waals surface area contributed by atoms with Crippen molar-refractivity contribution in [3.63, 3.8) is 0 Å². The van der Waals surface area contributed by atoms with Crippen molar-refractivity contribution in [2.45, 2.75) is 38.8 Å². The van der Waals surface area contributed by atoms with Crippen LogP contribution in [0.15, 0.2) is 54.6 Å². The summed E-state index contributed by atoms with van der Waals surface area (Å²) in [5.41, 5.74) is 5.44. The molecule has 2 atom stereocenters. The summed E-state index contributed by atoms with van der Waals surface area (Å²) < 4.78 is 30.3. The number of hydrogen-bond donors (Lipinski definition) is 4. The number of aromatic nitrogens is 1. The SMILES string of the molecule is COC(=O)N[C@@H](Cc1ccccc1)C(=O)N[C@@H](Cc1ccc(NO[SH](=O)=O)cc1)c1nc(C)c(C)s1. The molecular formula is C24H28N4O6S2. The molecule has 1 heterocycles. The van der Waals surface area contributed by atoms with Crippen molar-refractivity contribution in [2.24, 2.45) is 0 Å². The molecule has 3 N–H and O–H groups in total. The first kappa shape index (κ1) is 27.1. The van der Waals surface area contributed by atoms with Crippen molar-refractivity contribution in [1.29, 1.82) is 0 Å². The summed E-state index contributed by atoms with van der Waals surface area (Å²) in [6, 6.07) is 15.0. The molecule has 0 aliphatic carbocycles. The molecule has 0 spiro atoms. The molecule has 0 saturated heterocycles. The maximum Gasteiger partial charge on any atom is 0.407 e. The number of hydrogen-bond acceptors (Lipinski definition) is 9. The molecule has 0 unspecified atom stereocenters. The number of methoxy groups -OCH3 is 1. The zero-order valence-electron chi connectivity index (χ0n) is 20.0. The Morgan fingerprint density at radius 2 is 1.64 bits per heavy atom. The largest absolute Gasteiger partial charge is 0.453 e. The van der Waals surface area contributed by atoms with E-state index in [9.17, 15) is 18.0 Å². The van der Waals surface area contributed by atoms with Crippen LogP contribution in [0.2, 0.25) is 0 Å². The summed E-state index contributed by atoms with van der Waals surface area (Å²) in [6.45, 7) is 3.88. The van der Waals surface area contributed by atoms with E-state index in [4.69, 9.17) is 4.74 Å². The Balaban J connectivity index is 1.81. The number of amides is 2. The van der Waals surface area contributed by atoms with E-state index in [1.54, 1.807) is 24.3 Å². The highest BCUT2D eigenvalue weighted by Gasteiger charge is 2.26. The Kier molecular flexibility index (Phi) is 9.79. The van der Waals surface area contributed by atoms with E-state index in [2.05, 4.69) is 25.4 Å². The van der Waals surface area contributed by atoms with E-state index in [1.807, 2.05) is 44.2 Å². The summed E-state index contributed by atoms with van der Waals surface area (Å²) in [5.74, 6) is -0.370. The van der Waals surface area contributed by atoms with E-state index < -0.39 is 29.2 Å². The molecule has 0 aliphatic rings. The summed E-state index contributed by atoms with van der Waals surface area (Å²) in [4.78, 5) is 31.0. The number of carbonyl (C=O) groups excluding carboxylic acids is 2. The van der Waals surface area contributed by atoms with E-state index >= 15 is 0 Å². The van der Waals surface area contributed by atoms with Gasteiger partial charge in [-0.15, -0.1) is 11.3 Å². The van der Waals surface area contributed by atoms with Gasteiger partial charge in [-0.25, -0.2) is 23.7 Å². The number of ether oxygens (including phenoxy) is 1. The Morgan fingerprint density at radius 1 is 0.972 bits per heavy atom. The predicted octanol–water partition coefficient (Wildman–Crippen LogP) is 3.00. The second kappa shape index (κ2) is 13.0. The molecule has 0 fully saturated rings. The van der Waals surface area contributed by atoms with Crippen molar-refractivity contribution >= 4 is 40.0 Å². The number of thiazole rings is 1. The van der Waals surface area contributed by atoms with Gasteiger partial charge in [0.2, 0.25) is 5.91 Å². The zero-order chi connectivity index (χ0) is 26.1. The average Bonchev–Trinajstić information content (AvgIpc) is 3.21. The average molecular weight is 533 g/mol. The van der Waals surface area contributed by atoms with Crippen molar-refractivity contribution < 1.29 is 27.0 Å². The highest BCUT2D eigenvalue weighted by Crippen LogP contribution is 2.26. The molecule has 192 valence electrons. The van der Waals surface area contributed by atoms with Gasteiger partial charge >= 0.3 is 6.09 Å². The number of alkyl carbamates (subject to hydrolysis) is 1. The first-order valence-corrected chi connectivity index (χ1v) is 13.0. The summed E-state index contributed by atoms with van der Waals surface area (Å²) >= 11 is 1.49. The van der Waals surface area contributed by atoms with Gasteiger partial charge in [0.25, 0.3) is 11.0 Å². The number of carbonyl (C=O) groups is 2. The van der Waals surface area contributed by atoms with Gasteiger partial charge in [-0.1, -0.05) is 42.5 Å². The standard InChI is InChI=1S/C24H28N4O6S2/c1-15-16(2)35-23(25-15)21(14-18-9-11-19(12-10-18)28-34-36(31)32)26-22(29)20(27-24(30)33-3)13-17-7-5-4-6-8-17/h4-12,20-21,28,36H,13-14H2,1-3H3,(H,26,29)(H,27,30)/t20-,21-/m0/s1. The second-order valence-electron chi connectivity index (χ2n) is 7.95. The van der Waals surface area contributed by atoms with Crippen LogP contribution in [0.5, 0.6) is 0 Å². The van der Waals surface area contributed by atoms with Crippen LogP contribution in [-0.4, -0.2) is 38.6 Å². The lowest BCUT2D eigenvalue weighted by atomic mass is 10.0. The van der Waals surface area contributed by atoms with E-state index in [-0.39, 0.29) is 12.3 Å². The van der Waals surface area contributed by atoms with Crippen molar-refractivity contribution in [1.82, 2.24) is 15.6 Å². The smallest absolute Gasteiger partial charge is 0.407 e. The van der Waals surface area contributed by atoms with E-state index in [1.165, 1.54) is 18.4 Å². The monoisotopic (exact) mass is 532 g/mol. The number of benzene rings is 2. The van der Waals surface area contributed by atoms with Crippen LogP contribution in [0.3, 0.4) is 0 Å². The van der Waals surface area contributed by atoms with Crippen molar-refractivity contribution in [2.75, 3.05) is 12.6 Å². The van der Waals surface area contributed by atoms with Gasteiger partial charge in [-0.05, 0) is 43.5 Å². The molecule has 0 bridgehead atoms. The van der Waals surface area contributed by atoms with E-state index in [0.29, 0.717) is 12.1 Å². The summed E-state index contributed by atoms with van der Waals surface area (Å²) in [6.07, 6.45) is 0.00620. The highest BCUT2D eigenvalue weighted by molar-refractivity contribution is 7.67. The van der Waals surface area contributed by atoms with Gasteiger partial charge in [-0.3, -0.25) is 4.79 Å². The third-order valence-electron chi connectivity index (χ3n) is 5.37. The molecular weight excluding hydrogens is 504 g/mol. The lowest BCUT2D eigenvalue weighted by Crippen LogP contribution is -2.49. The Labute approximate surface area is 215 Å². The van der Waals surface area contributed by atoms with Crippen LogP contribution in [0.4, 0.5) is 10.5 Å². The molecule has 0 radical (unpaired) electrons. The number of rotatable bonds is 11. The summed E-state index contributed by atoms with van der Waals surface area (Å²) in [7, 11) is -1.78. The van der Waals surface area contributed by atoms with Gasteiger partial charge in [0.05, 0.1) is 24.5 Å². The van der Waals surface area contributed by atoms with Crippen molar-refractivity contribution in [3.05, 3.63) is 81.3 Å². The minimum atomic E-state index is -3.02. The normalized spacial score (nSPS) is 12.6. The third-order valence-corrected chi connectivity index (χ3v) is 6.79. The fraction of sp³-hybridized carbons (Fsp3) is 0.292. The quantitative estimate of drug-likeness (QED) is 0.219. The molecule has 1 aromatic heterocycles. The molecule has 2 amide bonds. The lowest BCUT2D eigenvalue weighted by molar-refractivity contribution is -0.123. The predicted molar refractivity (Wildman–Crippen MR) is 137 cm³/mol. The number of nitrogens with zero attached hydrogens (tertiary/aromatic N) is 1. The number of aryl methyl sites for hydroxylation is 2. The minimum Gasteiger partial charge on any atom is -0.453 e. The molecule has 3 aromatic rings. The molecule has 0 aliphatic heterocycles. The van der Waals surface area contributed by atoms with Crippen molar-refractivity contribution in [3.8, 4) is 0 Å². The van der Waals surface area contributed by atoms with Crippen LogP contribution in [0, 0.1) is 13.8 Å². The van der Waals surface area contributed by atoms with Crippen LogP contribution < -0.4 is 16.1 Å². The molecule has 3 rings (SSSR count). The number of anilines is 1. The Bertz CT molecular complexity index is 1220.